The Morgan fingerprint density at radius 3 is 2.65 bits per heavy atom. The van der Waals surface area contributed by atoms with Crippen molar-refractivity contribution in [3.05, 3.63) is 94.0 Å². The van der Waals surface area contributed by atoms with E-state index in [0.717, 1.165) is 49.4 Å². The van der Waals surface area contributed by atoms with Gasteiger partial charge in [0.25, 0.3) is 0 Å². The lowest BCUT2D eigenvalue weighted by atomic mass is 9.76. The van der Waals surface area contributed by atoms with Crippen LogP contribution in [0.25, 0.3) is 0 Å². The SMILES string of the molecule is O=C(Cc1cccnc1)N1CCC(C2c3ccc(Cl)cc3CCc3cccnc32)CC1. The first kappa shape index (κ1) is 20.2. The Morgan fingerprint density at radius 2 is 1.84 bits per heavy atom. The van der Waals surface area contributed by atoms with E-state index in [2.05, 4.69) is 23.2 Å². The van der Waals surface area contributed by atoms with Crippen LogP contribution in [-0.4, -0.2) is 33.9 Å². The molecule has 1 aliphatic heterocycles. The van der Waals surface area contributed by atoms with Crippen LogP contribution in [0.15, 0.2) is 61.1 Å². The van der Waals surface area contributed by atoms with Crippen molar-refractivity contribution in [1.82, 2.24) is 14.9 Å². The summed E-state index contributed by atoms with van der Waals surface area (Å²) in [5, 5.41) is 0.798. The van der Waals surface area contributed by atoms with Crippen molar-refractivity contribution in [3.8, 4) is 0 Å². The molecular formula is C26H26ClN3O. The van der Waals surface area contributed by atoms with Gasteiger partial charge in [0.1, 0.15) is 0 Å². The molecule has 0 N–H and O–H groups in total. The zero-order chi connectivity index (χ0) is 21.2. The minimum atomic E-state index is 0.193. The number of hydrogen-bond donors (Lipinski definition) is 0. The number of rotatable bonds is 3. The molecular weight excluding hydrogens is 406 g/mol. The van der Waals surface area contributed by atoms with Crippen molar-refractivity contribution in [2.75, 3.05) is 13.1 Å². The molecule has 1 fully saturated rings. The summed E-state index contributed by atoms with van der Waals surface area (Å²) in [6, 6.07) is 14.4. The first-order valence-electron chi connectivity index (χ1n) is 11.1. The van der Waals surface area contributed by atoms with Gasteiger partial charge in [0.15, 0.2) is 0 Å². The minimum Gasteiger partial charge on any atom is -0.342 e. The third kappa shape index (κ3) is 4.22. The number of nitrogens with zero attached hydrogens (tertiary/aromatic N) is 3. The number of fused-ring (bicyclic) bond motifs is 2. The van der Waals surface area contributed by atoms with E-state index in [1.165, 1.54) is 22.4 Å². The average molecular weight is 432 g/mol. The second kappa shape index (κ2) is 8.80. The van der Waals surface area contributed by atoms with Gasteiger partial charge < -0.3 is 4.90 Å². The fourth-order valence-electron chi connectivity index (χ4n) is 5.20. The summed E-state index contributed by atoms with van der Waals surface area (Å²) in [6.07, 6.45) is 9.82. The normalized spacial score (nSPS) is 18.7. The second-order valence-corrected chi connectivity index (χ2v) is 9.06. The number of amides is 1. The van der Waals surface area contributed by atoms with E-state index in [9.17, 15) is 4.79 Å². The number of benzene rings is 1. The summed E-state index contributed by atoms with van der Waals surface area (Å²) in [4.78, 5) is 23.8. The van der Waals surface area contributed by atoms with Crippen LogP contribution in [0.4, 0.5) is 0 Å². The highest BCUT2D eigenvalue weighted by atomic mass is 35.5. The average Bonchev–Trinajstić information content (AvgIpc) is 2.96. The zero-order valence-electron chi connectivity index (χ0n) is 17.5. The first-order valence-corrected chi connectivity index (χ1v) is 11.5. The molecule has 3 aromatic rings. The van der Waals surface area contributed by atoms with Gasteiger partial charge in [-0.1, -0.05) is 29.8 Å². The number of likely N-dealkylation sites (tertiary alicyclic amines) is 1. The Balaban J connectivity index is 1.37. The Bertz CT molecular complexity index is 1080. The molecule has 2 aromatic heterocycles. The summed E-state index contributed by atoms with van der Waals surface area (Å²) >= 11 is 6.33. The lowest BCUT2D eigenvalue weighted by Crippen LogP contribution is -2.40. The molecule has 1 aromatic carbocycles. The predicted octanol–water partition coefficient (Wildman–Crippen LogP) is 4.84. The molecule has 0 radical (unpaired) electrons. The van der Waals surface area contributed by atoms with Crippen LogP contribution in [0.1, 0.15) is 46.7 Å². The van der Waals surface area contributed by atoms with Crippen molar-refractivity contribution in [2.24, 2.45) is 5.92 Å². The van der Waals surface area contributed by atoms with Crippen molar-refractivity contribution in [1.29, 1.82) is 0 Å². The molecule has 0 spiro atoms. The van der Waals surface area contributed by atoms with Gasteiger partial charge in [-0.25, -0.2) is 0 Å². The van der Waals surface area contributed by atoms with E-state index in [1.807, 2.05) is 35.4 Å². The summed E-state index contributed by atoms with van der Waals surface area (Å²) in [5.41, 5.74) is 6.23. The highest BCUT2D eigenvalue weighted by molar-refractivity contribution is 6.30. The highest BCUT2D eigenvalue weighted by Crippen LogP contribution is 2.42. The summed E-state index contributed by atoms with van der Waals surface area (Å²) in [7, 11) is 0. The second-order valence-electron chi connectivity index (χ2n) is 8.62. The maximum absolute atomic E-state index is 12.8. The zero-order valence-corrected chi connectivity index (χ0v) is 18.3. The number of halogens is 1. The number of piperidine rings is 1. The molecule has 2 aliphatic rings. The summed E-state index contributed by atoms with van der Waals surface area (Å²) in [6.45, 7) is 1.59. The van der Waals surface area contributed by atoms with Crippen LogP contribution in [0.5, 0.6) is 0 Å². The molecule has 1 saturated heterocycles. The molecule has 0 saturated carbocycles. The highest BCUT2D eigenvalue weighted by Gasteiger charge is 2.34. The van der Waals surface area contributed by atoms with E-state index >= 15 is 0 Å². The van der Waals surface area contributed by atoms with Gasteiger partial charge in [-0.05, 0) is 78.1 Å². The van der Waals surface area contributed by atoms with E-state index in [1.54, 1.807) is 12.4 Å². The molecule has 31 heavy (non-hydrogen) atoms. The third-order valence-corrected chi connectivity index (χ3v) is 7.00. The maximum Gasteiger partial charge on any atom is 0.227 e. The number of carbonyl (C=O) groups excluding carboxylic acids is 1. The van der Waals surface area contributed by atoms with E-state index in [0.29, 0.717) is 12.3 Å². The van der Waals surface area contributed by atoms with Crippen molar-refractivity contribution in [3.63, 3.8) is 0 Å². The number of aryl methyl sites for hydroxylation is 2. The molecule has 158 valence electrons. The van der Waals surface area contributed by atoms with Crippen molar-refractivity contribution in [2.45, 2.75) is 38.0 Å². The van der Waals surface area contributed by atoms with Gasteiger partial charge in [0.2, 0.25) is 5.91 Å². The lowest BCUT2D eigenvalue weighted by Gasteiger charge is -2.37. The quantitative estimate of drug-likeness (QED) is 0.596. The number of carbonyl (C=O) groups is 1. The van der Waals surface area contributed by atoms with E-state index in [4.69, 9.17) is 16.6 Å². The molecule has 1 unspecified atom stereocenters. The van der Waals surface area contributed by atoms with Crippen LogP contribution in [0, 0.1) is 5.92 Å². The number of pyridine rings is 2. The standard InChI is InChI=1S/C26H26ClN3O/c27-22-7-8-23-21(16-22)6-5-20-4-2-12-29-26(20)25(23)19-9-13-30(14-10-19)24(31)15-18-3-1-11-28-17-18/h1-4,7-8,11-12,16-17,19,25H,5-6,9-10,13-15H2. The first-order chi connectivity index (χ1) is 15.2. The van der Waals surface area contributed by atoms with Crippen LogP contribution in [0.3, 0.4) is 0 Å². The van der Waals surface area contributed by atoms with Crippen LogP contribution in [0.2, 0.25) is 5.02 Å². The molecule has 1 amide bonds. The van der Waals surface area contributed by atoms with Gasteiger partial charge in [-0.15, -0.1) is 0 Å². The molecule has 4 nitrogen and oxygen atoms in total. The molecule has 1 atom stereocenters. The smallest absolute Gasteiger partial charge is 0.227 e. The van der Waals surface area contributed by atoms with E-state index in [-0.39, 0.29) is 11.8 Å². The van der Waals surface area contributed by atoms with Crippen molar-refractivity contribution >= 4 is 17.5 Å². The van der Waals surface area contributed by atoms with Crippen LogP contribution < -0.4 is 0 Å². The Hall–Kier alpha value is -2.72. The fourth-order valence-corrected chi connectivity index (χ4v) is 5.40. The molecule has 1 aliphatic carbocycles. The largest absolute Gasteiger partial charge is 0.342 e. The Morgan fingerprint density at radius 1 is 1.03 bits per heavy atom. The van der Waals surface area contributed by atoms with Gasteiger partial charge in [-0.2, -0.15) is 0 Å². The van der Waals surface area contributed by atoms with Gasteiger partial charge in [0, 0.05) is 42.6 Å². The summed E-state index contributed by atoms with van der Waals surface area (Å²) in [5.74, 6) is 0.925. The monoisotopic (exact) mass is 431 g/mol. The van der Waals surface area contributed by atoms with Gasteiger partial charge in [0.05, 0.1) is 12.1 Å². The van der Waals surface area contributed by atoms with Crippen LogP contribution in [-0.2, 0) is 24.1 Å². The summed E-state index contributed by atoms with van der Waals surface area (Å²) < 4.78 is 0. The molecule has 5 heteroatoms. The number of aromatic nitrogens is 2. The van der Waals surface area contributed by atoms with E-state index < -0.39 is 0 Å². The maximum atomic E-state index is 12.8. The molecule has 3 heterocycles. The Kier molecular flexibility index (Phi) is 5.73. The van der Waals surface area contributed by atoms with Crippen molar-refractivity contribution < 1.29 is 4.79 Å². The minimum absolute atomic E-state index is 0.193. The fraction of sp³-hybridized carbons (Fsp3) is 0.346. The van der Waals surface area contributed by atoms with Gasteiger partial charge in [-0.3, -0.25) is 14.8 Å². The predicted molar refractivity (Wildman–Crippen MR) is 122 cm³/mol. The van der Waals surface area contributed by atoms with Gasteiger partial charge >= 0.3 is 0 Å². The number of hydrogen-bond acceptors (Lipinski definition) is 3. The lowest BCUT2D eigenvalue weighted by molar-refractivity contribution is -0.131. The third-order valence-electron chi connectivity index (χ3n) is 6.77. The Labute approximate surface area is 188 Å². The molecule has 0 bridgehead atoms. The molecule has 5 rings (SSSR count). The van der Waals surface area contributed by atoms with Crippen LogP contribution >= 0.6 is 11.6 Å². The topological polar surface area (TPSA) is 46.1 Å².